The van der Waals surface area contributed by atoms with E-state index in [2.05, 4.69) is 5.32 Å². The van der Waals surface area contributed by atoms with E-state index >= 15 is 0 Å². The number of nitrogens with one attached hydrogen (secondary N) is 1. The molecule has 0 aliphatic rings. The van der Waals surface area contributed by atoms with E-state index in [1.807, 2.05) is 79.7 Å². The summed E-state index contributed by atoms with van der Waals surface area (Å²) in [6, 6.07) is 23.3. The van der Waals surface area contributed by atoms with Crippen molar-refractivity contribution in [2.75, 3.05) is 6.61 Å². The van der Waals surface area contributed by atoms with Crippen molar-refractivity contribution in [2.45, 2.75) is 24.1 Å². The summed E-state index contributed by atoms with van der Waals surface area (Å²) in [5, 5.41) is 3.70. The Labute approximate surface area is 175 Å². The van der Waals surface area contributed by atoms with Gasteiger partial charge in [0.05, 0.1) is 6.61 Å². The second kappa shape index (κ2) is 10.2. The molecule has 0 spiro atoms. The molecular weight excluding hydrogens is 390 g/mol. The highest BCUT2D eigenvalue weighted by atomic mass is 35.5. The predicted octanol–water partition coefficient (Wildman–Crippen LogP) is 5.96. The second-order valence-electron chi connectivity index (χ2n) is 6.20. The van der Waals surface area contributed by atoms with Crippen LogP contribution in [0.5, 0.6) is 5.75 Å². The van der Waals surface area contributed by atoms with Crippen LogP contribution in [0.3, 0.4) is 0 Å². The highest BCUT2D eigenvalue weighted by molar-refractivity contribution is 7.98. The lowest BCUT2D eigenvalue weighted by Crippen LogP contribution is -2.22. The number of rotatable bonds is 8. The molecule has 3 rings (SSSR count). The van der Waals surface area contributed by atoms with E-state index in [1.165, 1.54) is 10.5 Å². The Morgan fingerprint density at radius 3 is 2.46 bits per heavy atom. The Morgan fingerprint density at radius 1 is 1.00 bits per heavy atom. The summed E-state index contributed by atoms with van der Waals surface area (Å²) in [7, 11) is 0. The lowest BCUT2D eigenvalue weighted by Gasteiger charge is -2.08. The molecule has 3 aromatic carbocycles. The van der Waals surface area contributed by atoms with Crippen molar-refractivity contribution in [1.29, 1.82) is 0 Å². The number of carbonyl (C=O) groups excluding carboxylic acids is 1. The Bertz CT molecular complexity index is 911. The molecule has 0 saturated carbocycles. The van der Waals surface area contributed by atoms with Gasteiger partial charge in [-0.25, -0.2) is 0 Å². The van der Waals surface area contributed by atoms with E-state index < -0.39 is 0 Å². The van der Waals surface area contributed by atoms with Gasteiger partial charge in [-0.2, -0.15) is 0 Å². The summed E-state index contributed by atoms with van der Waals surface area (Å²) in [5.74, 6) is 1.57. The van der Waals surface area contributed by atoms with Crippen molar-refractivity contribution < 1.29 is 9.53 Å². The van der Waals surface area contributed by atoms with Gasteiger partial charge in [0.15, 0.2) is 0 Å². The summed E-state index contributed by atoms with van der Waals surface area (Å²) in [6.07, 6.45) is 0. The molecule has 1 N–H and O–H groups in total. The SMILES string of the molecule is CCOc1cccc(CNC(=O)c2ccc(CSc3ccc(Cl)cc3)cc2)c1. The van der Waals surface area contributed by atoms with Gasteiger partial charge in [0.2, 0.25) is 0 Å². The Balaban J connectivity index is 1.51. The van der Waals surface area contributed by atoms with Crippen LogP contribution in [-0.2, 0) is 12.3 Å². The minimum atomic E-state index is -0.0845. The maximum atomic E-state index is 12.4. The number of amides is 1. The molecule has 0 unspecified atom stereocenters. The number of hydrogen-bond acceptors (Lipinski definition) is 3. The average Bonchev–Trinajstić information content (AvgIpc) is 2.72. The molecule has 0 bridgehead atoms. The minimum Gasteiger partial charge on any atom is -0.494 e. The van der Waals surface area contributed by atoms with Gasteiger partial charge in [0.25, 0.3) is 5.91 Å². The van der Waals surface area contributed by atoms with Gasteiger partial charge in [-0.1, -0.05) is 35.9 Å². The molecule has 0 atom stereocenters. The molecule has 28 heavy (non-hydrogen) atoms. The molecule has 0 aliphatic carbocycles. The fourth-order valence-corrected chi connectivity index (χ4v) is 3.63. The number of benzene rings is 3. The maximum absolute atomic E-state index is 12.4. The first-order chi connectivity index (χ1) is 13.6. The smallest absolute Gasteiger partial charge is 0.251 e. The lowest BCUT2D eigenvalue weighted by atomic mass is 10.1. The molecule has 0 radical (unpaired) electrons. The quantitative estimate of drug-likeness (QED) is 0.464. The Kier molecular flexibility index (Phi) is 7.40. The standard InChI is InChI=1S/C23H22ClNO2S/c1-2-27-21-5-3-4-18(14-21)15-25-23(26)19-8-6-17(7-9-19)16-28-22-12-10-20(24)11-13-22/h3-14H,2,15-16H2,1H3,(H,25,26). The third-order valence-corrected chi connectivity index (χ3v) is 5.43. The summed E-state index contributed by atoms with van der Waals surface area (Å²) in [5.41, 5.74) is 2.83. The average molecular weight is 412 g/mol. The van der Waals surface area contributed by atoms with Crippen LogP contribution in [0.2, 0.25) is 5.02 Å². The molecule has 0 aromatic heterocycles. The topological polar surface area (TPSA) is 38.3 Å². The molecular formula is C23H22ClNO2S. The van der Waals surface area contributed by atoms with Gasteiger partial charge in [-0.3, -0.25) is 4.79 Å². The number of ether oxygens (including phenoxy) is 1. The van der Waals surface area contributed by atoms with Gasteiger partial charge in [-0.05, 0) is 66.6 Å². The number of carbonyl (C=O) groups is 1. The lowest BCUT2D eigenvalue weighted by molar-refractivity contribution is 0.0951. The molecule has 0 heterocycles. The molecule has 0 aliphatic heterocycles. The predicted molar refractivity (Wildman–Crippen MR) is 116 cm³/mol. The van der Waals surface area contributed by atoms with E-state index in [4.69, 9.17) is 16.3 Å². The monoisotopic (exact) mass is 411 g/mol. The number of thioether (sulfide) groups is 1. The van der Waals surface area contributed by atoms with Crippen molar-refractivity contribution in [3.63, 3.8) is 0 Å². The normalized spacial score (nSPS) is 10.5. The largest absolute Gasteiger partial charge is 0.494 e. The van der Waals surface area contributed by atoms with E-state index in [9.17, 15) is 4.79 Å². The van der Waals surface area contributed by atoms with Crippen LogP contribution < -0.4 is 10.1 Å². The van der Waals surface area contributed by atoms with E-state index in [1.54, 1.807) is 11.8 Å². The molecule has 1 amide bonds. The van der Waals surface area contributed by atoms with Crippen molar-refractivity contribution in [2.24, 2.45) is 0 Å². The first kappa shape index (κ1) is 20.3. The fraction of sp³-hybridized carbons (Fsp3) is 0.174. The molecule has 0 fully saturated rings. The molecule has 5 heteroatoms. The highest BCUT2D eigenvalue weighted by Crippen LogP contribution is 2.24. The first-order valence-corrected chi connectivity index (χ1v) is 10.5. The van der Waals surface area contributed by atoms with E-state index in [-0.39, 0.29) is 5.91 Å². The summed E-state index contributed by atoms with van der Waals surface area (Å²) in [6.45, 7) is 3.04. The Hall–Kier alpha value is -2.43. The van der Waals surface area contributed by atoms with Crippen molar-refractivity contribution in [1.82, 2.24) is 5.32 Å². The van der Waals surface area contributed by atoms with E-state index in [0.29, 0.717) is 18.7 Å². The molecule has 144 valence electrons. The van der Waals surface area contributed by atoms with Gasteiger partial charge in [0.1, 0.15) is 5.75 Å². The zero-order valence-corrected chi connectivity index (χ0v) is 17.2. The van der Waals surface area contributed by atoms with Crippen LogP contribution >= 0.6 is 23.4 Å². The maximum Gasteiger partial charge on any atom is 0.251 e. The van der Waals surface area contributed by atoms with Crippen LogP contribution in [0.25, 0.3) is 0 Å². The van der Waals surface area contributed by atoms with Crippen molar-refractivity contribution in [3.05, 3.63) is 94.5 Å². The first-order valence-electron chi connectivity index (χ1n) is 9.11. The van der Waals surface area contributed by atoms with Crippen molar-refractivity contribution in [3.8, 4) is 5.75 Å². The molecule has 0 saturated heterocycles. The van der Waals surface area contributed by atoms with E-state index in [0.717, 1.165) is 22.1 Å². The van der Waals surface area contributed by atoms with Crippen LogP contribution in [-0.4, -0.2) is 12.5 Å². The van der Waals surface area contributed by atoms with Gasteiger partial charge in [-0.15, -0.1) is 11.8 Å². The van der Waals surface area contributed by atoms with Crippen molar-refractivity contribution >= 4 is 29.3 Å². The number of hydrogen-bond donors (Lipinski definition) is 1. The summed E-state index contributed by atoms with van der Waals surface area (Å²) < 4.78 is 5.49. The second-order valence-corrected chi connectivity index (χ2v) is 7.69. The fourth-order valence-electron chi connectivity index (χ4n) is 2.65. The van der Waals surface area contributed by atoms with Crippen LogP contribution in [0.15, 0.2) is 77.7 Å². The third kappa shape index (κ3) is 6.04. The van der Waals surface area contributed by atoms with Gasteiger partial charge >= 0.3 is 0 Å². The molecule has 3 nitrogen and oxygen atoms in total. The van der Waals surface area contributed by atoms with Crippen LogP contribution in [0.1, 0.15) is 28.4 Å². The number of halogens is 1. The molecule has 3 aromatic rings. The zero-order valence-electron chi connectivity index (χ0n) is 15.7. The van der Waals surface area contributed by atoms with Crippen LogP contribution in [0.4, 0.5) is 0 Å². The summed E-state index contributed by atoms with van der Waals surface area (Å²) in [4.78, 5) is 13.6. The Morgan fingerprint density at radius 2 is 1.75 bits per heavy atom. The highest BCUT2D eigenvalue weighted by Gasteiger charge is 2.06. The zero-order chi connectivity index (χ0) is 19.8. The minimum absolute atomic E-state index is 0.0845. The van der Waals surface area contributed by atoms with Crippen LogP contribution in [0, 0.1) is 0 Å². The summed E-state index contributed by atoms with van der Waals surface area (Å²) >= 11 is 7.65. The third-order valence-electron chi connectivity index (χ3n) is 4.10. The van der Waals surface area contributed by atoms with Gasteiger partial charge < -0.3 is 10.1 Å². The van der Waals surface area contributed by atoms with Gasteiger partial charge in [0, 0.05) is 27.8 Å².